The van der Waals surface area contributed by atoms with Crippen LogP contribution < -0.4 is 0 Å². The summed E-state index contributed by atoms with van der Waals surface area (Å²) in [7, 11) is 0. The fraction of sp³-hybridized carbons (Fsp3) is 0.231. The van der Waals surface area contributed by atoms with Crippen molar-refractivity contribution in [3.8, 4) is 0 Å². The first-order valence-corrected chi connectivity index (χ1v) is 5.43. The van der Waals surface area contributed by atoms with Gasteiger partial charge in [0.15, 0.2) is 5.60 Å². The summed E-state index contributed by atoms with van der Waals surface area (Å²) in [4.78, 5) is 15.3. The minimum atomic E-state index is -1.42. The Bertz CT molecular complexity index is 509. The summed E-state index contributed by atoms with van der Waals surface area (Å²) >= 11 is 0. The van der Waals surface area contributed by atoms with Crippen LogP contribution in [0.3, 0.4) is 0 Å². The van der Waals surface area contributed by atoms with Gasteiger partial charge in [-0.05, 0) is 36.8 Å². The van der Waals surface area contributed by atoms with Crippen molar-refractivity contribution in [3.05, 3.63) is 54.2 Å². The molecule has 0 saturated carbocycles. The van der Waals surface area contributed by atoms with Crippen molar-refractivity contribution >= 4 is 5.97 Å². The maximum Gasteiger partial charge on any atom is 0.340 e. The van der Waals surface area contributed by atoms with E-state index in [0.717, 1.165) is 0 Å². The van der Waals surface area contributed by atoms with Gasteiger partial charge in [-0.25, -0.2) is 4.79 Å². The average molecular weight is 247 g/mol. The molecule has 0 aliphatic carbocycles. The predicted octanol–water partition coefficient (Wildman–Crippen LogP) is 2.19. The molecule has 2 aromatic rings. The number of carbonyl (C=O) groups is 1. The largest absolute Gasteiger partial charge is 0.479 e. The molecule has 1 unspecified atom stereocenters. The Kier molecular flexibility index (Phi) is 3.43. The molecule has 1 N–H and O–H groups in total. The minimum absolute atomic E-state index is 0.0954. The fourth-order valence-electron chi connectivity index (χ4n) is 1.55. The topological polar surface area (TPSA) is 72.6 Å². The zero-order chi connectivity index (χ0) is 13.0. The molecule has 2 aromatic heterocycles. The lowest BCUT2D eigenvalue weighted by atomic mass is 9.97. The van der Waals surface area contributed by atoms with Gasteiger partial charge in [-0.2, -0.15) is 0 Å². The van der Waals surface area contributed by atoms with E-state index in [1.165, 1.54) is 25.6 Å². The molecule has 18 heavy (non-hydrogen) atoms. The molecule has 0 radical (unpaired) electrons. The number of carboxylic acids is 1. The van der Waals surface area contributed by atoms with E-state index in [1.54, 1.807) is 24.3 Å². The number of hydrogen-bond acceptors (Lipinski definition) is 4. The third kappa shape index (κ3) is 2.41. The van der Waals surface area contributed by atoms with Crippen molar-refractivity contribution in [2.75, 3.05) is 0 Å². The summed E-state index contributed by atoms with van der Waals surface area (Å²) in [5.41, 5.74) is -0.882. The Hall–Kier alpha value is -2.14. The summed E-state index contributed by atoms with van der Waals surface area (Å²) in [6.07, 6.45) is 4.59. The number of rotatable bonds is 5. The van der Waals surface area contributed by atoms with Gasteiger partial charge in [0.2, 0.25) is 0 Å². The molecule has 5 nitrogen and oxygen atoms in total. The van der Waals surface area contributed by atoms with Crippen molar-refractivity contribution in [1.82, 2.24) is 4.98 Å². The number of furan rings is 1. The molecule has 0 amide bonds. The Labute approximate surface area is 104 Å². The SMILES string of the molecule is CC(OCc1ccco1)(C(=O)O)c1ccncc1. The lowest BCUT2D eigenvalue weighted by Crippen LogP contribution is -2.35. The first-order valence-electron chi connectivity index (χ1n) is 5.43. The second kappa shape index (κ2) is 5.01. The number of aromatic nitrogens is 1. The molecule has 1 atom stereocenters. The summed E-state index contributed by atoms with van der Waals surface area (Å²) in [5.74, 6) is -0.475. The monoisotopic (exact) mass is 247 g/mol. The van der Waals surface area contributed by atoms with Gasteiger partial charge in [0, 0.05) is 12.4 Å². The zero-order valence-corrected chi connectivity index (χ0v) is 9.87. The molecule has 2 heterocycles. The first kappa shape index (κ1) is 12.3. The summed E-state index contributed by atoms with van der Waals surface area (Å²) in [6.45, 7) is 1.60. The van der Waals surface area contributed by atoms with Crippen molar-refractivity contribution in [1.29, 1.82) is 0 Å². The van der Waals surface area contributed by atoms with Crippen LogP contribution in [0.1, 0.15) is 18.2 Å². The second-order valence-corrected chi connectivity index (χ2v) is 3.94. The highest BCUT2D eigenvalue weighted by molar-refractivity contribution is 5.78. The van der Waals surface area contributed by atoms with Crippen LogP contribution in [-0.2, 0) is 21.7 Å². The quantitative estimate of drug-likeness (QED) is 0.876. The van der Waals surface area contributed by atoms with Gasteiger partial charge in [-0.15, -0.1) is 0 Å². The highest BCUT2D eigenvalue weighted by atomic mass is 16.5. The Morgan fingerprint density at radius 2 is 2.17 bits per heavy atom. The van der Waals surface area contributed by atoms with Gasteiger partial charge in [-0.3, -0.25) is 4.98 Å². The lowest BCUT2D eigenvalue weighted by Gasteiger charge is -2.25. The summed E-state index contributed by atoms with van der Waals surface area (Å²) in [5, 5.41) is 9.34. The van der Waals surface area contributed by atoms with Gasteiger partial charge < -0.3 is 14.3 Å². The van der Waals surface area contributed by atoms with E-state index < -0.39 is 11.6 Å². The highest BCUT2D eigenvalue weighted by Crippen LogP contribution is 2.26. The molecule has 0 bridgehead atoms. The van der Waals surface area contributed by atoms with Crippen molar-refractivity contribution in [2.45, 2.75) is 19.1 Å². The van der Waals surface area contributed by atoms with Crippen LogP contribution >= 0.6 is 0 Å². The molecular formula is C13H13NO4. The molecule has 2 rings (SSSR count). The third-order valence-electron chi connectivity index (χ3n) is 2.72. The zero-order valence-electron chi connectivity index (χ0n) is 9.87. The Balaban J connectivity index is 2.20. The van der Waals surface area contributed by atoms with E-state index in [4.69, 9.17) is 9.15 Å². The summed E-state index contributed by atoms with van der Waals surface area (Å²) < 4.78 is 10.6. The minimum Gasteiger partial charge on any atom is -0.479 e. The second-order valence-electron chi connectivity index (χ2n) is 3.94. The summed E-state index contributed by atoms with van der Waals surface area (Å²) in [6, 6.07) is 6.70. The van der Waals surface area contributed by atoms with E-state index >= 15 is 0 Å². The van der Waals surface area contributed by atoms with Crippen LogP contribution in [0, 0.1) is 0 Å². The third-order valence-corrected chi connectivity index (χ3v) is 2.72. The molecule has 0 spiro atoms. The smallest absolute Gasteiger partial charge is 0.340 e. The molecular weight excluding hydrogens is 234 g/mol. The number of ether oxygens (including phenoxy) is 1. The molecule has 5 heteroatoms. The number of hydrogen-bond donors (Lipinski definition) is 1. The van der Waals surface area contributed by atoms with Gasteiger partial charge in [0.25, 0.3) is 0 Å². The van der Waals surface area contributed by atoms with Crippen molar-refractivity contribution in [2.24, 2.45) is 0 Å². The van der Waals surface area contributed by atoms with Crippen LogP contribution in [-0.4, -0.2) is 16.1 Å². The number of pyridine rings is 1. The molecule has 0 fully saturated rings. The molecule has 0 aromatic carbocycles. The molecule has 0 aliphatic rings. The Morgan fingerprint density at radius 1 is 1.44 bits per heavy atom. The standard InChI is InChI=1S/C13H13NO4/c1-13(12(15)16,10-4-6-14-7-5-10)18-9-11-3-2-8-17-11/h2-8H,9H2,1H3,(H,15,16). The number of nitrogens with zero attached hydrogens (tertiary/aromatic N) is 1. The number of carboxylic acid groups (broad SMARTS) is 1. The van der Waals surface area contributed by atoms with Crippen LogP contribution in [0.5, 0.6) is 0 Å². The van der Waals surface area contributed by atoms with Crippen LogP contribution in [0.2, 0.25) is 0 Å². The fourth-order valence-corrected chi connectivity index (χ4v) is 1.55. The Morgan fingerprint density at radius 3 is 2.72 bits per heavy atom. The van der Waals surface area contributed by atoms with Crippen molar-refractivity contribution in [3.63, 3.8) is 0 Å². The molecule has 0 saturated heterocycles. The lowest BCUT2D eigenvalue weighted by molar-refractivity contribution is -0.167. The first-order chi connectivity index (χ1) is 8.63. The maximum atomic E-state index is 11.4. The molecule has 94 valence electrons. The normalized spacial score (nSPS) is 14.1. The maximum absolute atomic E-state index is 11.4. The average Bonchev–Trinajstić information content (AvgIpc) is 2.90. The van der Waals surface area contributed by atoms with Gasteiger partial charge in [-0.1, -0.05) is 0 Å². The van der Waals surface area contributed by atoms with Crippen LogP contribution in [0.4, 0.5) is 0 Å². The van der Waals surface area contributed by atoms with Crippen LogP contribution in [0.15, 0.2) is 47.3 Å². The van der Waals surface area contributed by atoms with E-state index in [0.29, 0.717) is 11.3 Å². The van der Waals surface area contributed by atoms with E-state index in [1.807, 2.05) is 0 Å². The molecule has 0 aliphatic heterocycles. The van der Waals surface area contributed by atoms with Crippen molar-refractivity contribution < 1.29 is 19.1 Å². The van der Waals surface area contributed by atoms with E-state index in [-0.39, 0.29) is 6.61 Å². The van der Waals surface area contributed by atoms with Gasteiger partial charge in [0.1, 0.15) is 12.4 Å². The van der Waals surface area contributed by atoms with E-state index in [9.17, 15) is 9.90 Å². The van der Waals surface area contributed by atoms with Gasteiger partial charge in [0.05, 0.1) is 6.26 Å². The predicted molar refractivity (Wildman–Crippen MR) is 62.7 cm³/mol. The highest BCUT2D eigenvalue weighted by Gasteiger charge is 2.36. The number of aliphatic carboxylic acids is 1. The van der Waals surface area contributed by atoms with Gasteiger partial charge >= 0.3 is 5.97 Å². The van der Waals surface area contributed by atoms with E-state index in [2.05, 4.69) is 4.98 Å². The van der Waals surface area contributed by atoms with Crippen LogP contribution in [0.25, 0.3) is 0 Å².